The molecule has 1 aliphatic rings. The first-order valence-electron chi connectivity index (χ1n) is 7.24. The van der Waals surface area contributed by atoms with E-state index in [0.29, 0.717) is 17.4 Å². The van der Waals surface area contributed by atoms with Gasteiger partial charge >= 0.3 is 0 Å². The lowest BCUT2D eigenvalue weighted by atomic mass is 9.91. The second-order valence-corrected chi connectivity index (χ2v) is 5.66. The summed E-state index contributed by atoms with van der Waals surface area (Å²) in [5.41, 5.74) is 7.69. The molecule has 0 spiro atoms. The Hall–Kier alpha value is -1.75. The molecule has 0 unspecified atom stereocenters. The van der Waals surface area contributed by atoms with Gasteiger partial charge in [-0.05, 0) is 31.9 Å². The highest BCUT2D eigenvalue weighted by Crippen LogP contribution is 2.32. The zero-order valence-corrected chi connectivity index (χ0v) is 11.8. The molecule has 0 atom stereocenters. The van der Waals surface area contributed by atoms with Gasteiger partial charge in [0.15, 0.2) is 5.82 Å². The minimum Gasteiger partial charge on any atom is -0.332 e. The van der Waals surface area contributed by atoms with E-state index in [0.717, 1.165) is 31.4 Å². The molecule has 2 aromatic heterocycles. The van der Waals surface area contributed by atoms with Crippen molar-refractivity contribution in [3.05, 3.63) is 29.7 Å². The second-order valence-electron chi connectivity index (χ2n) is 5.66. The zero-order valence-electron chi connectivity index (χ0n) is 11.8. The summed E-state index contributed by atoms with van der Waals surface area (Å²) in [6.45, 7) is 1.94. The summed E-state index contributed by atoms with van der Waals surface area (Å²) in [7, 11) is 0. The lowest BCUT2D eigenvalue weighted by Crippen LogP contribution is -2.37. The first kappa shape index (κ1) is 13.2. The molecule has 2 N–H and O–H groups in total. The maximum Gasteiger partial charge on any atom is 0.276 e. The van der Waals surface area contributed by atoms with Gasteiger partial charge in [-0.25, -0.2) is 4.98 Å². The topological polar surface area (TPSA) is 77.8 Å². The van der Waals surface area contributed by atoms with E-state index in [-0.39, 0.29) is 0 Å². The SMILES string of the molecule is Cc1cccc(-c2nc(C3(N)CCCCCC3)no2)n1. The molecule has 106 valence electrons. The van der Waals surface area contributed by atoms with Gasteiger partial charge in [-0.3, -0.25) is 0 Å². The maximum absolute atomic E-state index is 6.50. The molecule has 2 heterocycles. The fourth-order valence-corrected chi connectivity index (χ4v) is 2.77. The molecule has 1 fully saturated rings. The van der Waals surface area contributed by atoms with E-state index >= 15 is 0 Å². The van der Waals surface area contributed by atoms with Crippen LogP contribution in [0.15, 0.2) is 22.7 Å². The van der Waals surface area contributed by atoms with Crippen molar-refractivity contribution < 1.29 is 4.52 Å². The molecule has 3 rings (SSSR count). The molecular formula is C15H20N4O. The minimum atomic E-state index is -0.442. The fourth-order valence-electron chi connectivity index (χ4n) is 2.77. The van der Waals surface area contributed by atoms with Gasteiger partial charge in [0, 0.05) is 5.69 Å². The van der Waals surface area contributed by atoms with E-state index in [1.165, 1.54) is 12.8 Å². The summed E-state index contributed by atoms with van der Waals surface area (Å²) in [5.74, 6) is 1.08. The van der Waals surface area contributed by atoms with Gasteiger partial charge in [0.25, 0.3) is 5.89 Å². The molecule has 5 nitrogen and oxygen atoms in total. The molecule has 1 aliphatic carbocycles. The standard InChI is InChI=1S/C15H20N4O/c1-11-7-6-8-12(17-11)13-18-14(19-20-13)15(16)9-4-2-3-5-10-15/h6-8H,2-5,9-10,16H2,1H3. The van der Waals surface area contributed by atoms with Gasteiger partial charge < -0.3 is 10.3 Å². The molecule has 1 saturated carbocycles. The lowest BCUT2D eigenvalue weighted by Gasteiger charge is -2.23. The normalized spacial score (nSPS) is 18.7. The Morgan fingerprint density at radius 3 is 2.55 bits per heavy atom. The fraction of sp³-hybridized carbons (Fsp3) is 0.533. The van der Waals surface area contributed by atoms with Gasteiger partial charge in [-0.15, -0.1) is 0 Å². The predicted octanol–water partition coefficient (Wildman–Crippen LogP) is 2.95. The van der Waals surface area contributed by atoms with Crippen LogP contribution in [-0.2, 0) is 5.54 Å². The Kier molecular flexibility index (Phi) is 3.53. The summed E-state index contributed by atoms with van der Waals surface area (Å²) < 4.78 is 5.36. The van der Waals surface area contributed by atoms with Crippen LogP contribution in [0.3, 0.4) is 0 Å². The van der Waals surface area contributed by atoms with E-state index in [1.54, 1.807) is 0 Å². The van der Waals surface area contributed by atoms with Gasteiger partial charge in [0.1, 0.15) is 5.69 Å². The van der Waals surface area contributed by atoms with Crippen LogP contribution in [0.25, 0.3) is 11.6 Å². The highest BCUT2D eigenvalue weighted by Gasteiger charge is 2.33. The minimum absolute atomic E-state index is 0.442. The Morgan fingerprint density at radius 2 is 1.85 bits per heavy atom. The number of aryl methyl sites for hydroxylation is 1. The Bertz CT molecular complexity index is 585. The van der Waals surface area contributed by atoms with Crippen molar-refractivity contribution in [1.82, 2.24) is 15.1 Å². The first-order valence-corrected chi connectivity index (χ1v) is 7.24. The first-order chi connectivity index (χ1) is 9.67. The third-order valence-corrected chi connectivity index (χ3v) is 3.97. The van der Waals surface area contributed by atoms with Crippen molar-refractivity contribution in [2.45, 2.75) is 51.0 Å². The van der Waals surface area contributed by atoms with Crippen LogP contribution in [0.4, 0.5) is 0 Å². The van der Waals surface area contributed by atoms with E-state index in [9.17, 15) is 0 Å². The molecule has 0 bridgehead atoms. The van der Waals surface area contributed by atoms with Crippen molar-refractivity contribution in [1.29, 1.82) is 0 Å². The second kappa shape index (κ2) is 5.32. The third-order valence-electron chi connectivity index (χ3n) is 3.97. The number of hydrogen-bond donors (Lipinski definition) is 1. The van der Waals surface area contributed by atoms with E-state index in [4.69, 9.17) is 10.3 Å². The van der Waals surface area contributed by atoms with Crippen molar-refractivity contribution in [2.75, 3.05) is 0 Å². The number of rotatable bonds is 2. The monoisotopic (exact) mass is 272 g/mol. The maximum atomic E-state index is 6.50. The summed E-state index contributed by atoms with van der Waals surface area (Å²) in [5, 5.41) is 4.11. The molecule has 2 aromatic rings. The largest absolute Gasteiger partial charge is 0.332 e. The summed E-state index contributed by atoms with van der Waals surface area (Å²) in [4.78, 5) is 8.90. The van der Waals surface area contributed by atoms with E-state index < -0.39 is 5.54 Å². The highest BCUT2D eigenvalue weighted by molar-refractivity contribution is 5.46. The molecule has 0 aromatic carbocycles. The highest BCUT2D eigenvalue weighted by atomic mass is 16.5. The molecule has 5 heteroatoms. The quantitative estimate of drug-likeness (QED) is 0.850. The van der Waals surface area contributed by atoms with Crippen LogP contribution in [0.1, 0.15) is 50.0 Å². The Morgan fingerprint density at radius 1 is 1.10 bits per heavy atom. The van der Waals surface area contributed by atoms with Crippen LogP contribution < -0.4 is 5.73 Å². The van der Waals surface area contributed by atoms with Crippen LogP contribution in [0.5, 0.6) is 0 Å². The van der Waals surface area contributed by atoms with Crippen LogP contribution in [0.2, 0.25) is 0 Å². The number of nitrogens with zero attached hydrogens (tertiary/aromatic N) is 3. The summed E-state index contributed by atoms with van der Waals surface area (Å²) >= 11 is 0. The van der Waals surface area contributed by atoms with Gasteiger partial charge in [-0.2, -0.15) is 4.98 Å². The van der Waals surface area contributed by atoms with E-state index in [1.807, 2.05) is 25.1 Å². The predicted molar refractivity (Wildman–Crippen MR) is 75.8 cm³/mol. The molecular weight excluding hydrogens is 252 g/mol. The molecule has 20 heavy (non-hydrogen) atoms. The summed E-state index contributed by atoms with van der Waals surface area (Å²) in [6.07, 6.45) is 6.58. The van der Waals surface area contributed by atoms with Gasteiger partial charge in [-0.1, -0.05) is 36.9 Å². The molecule has 0 amide bonds. The smallest absolute Gasteiger partial charge is 0.276 e. The Labute approximate surface area is 118 Å². The summed E-state index contributed by atoms with van der Waals surface area (Å²) in [6, 6.07) is 5.75. The zero-order chi connectivity index (χ0) is 14.0. The average molecular weight is 272 g/mol. The number of hydrogen-bond acceptors (Lipinski definition) is 5. The lowest BCUT2D eigenvalue weighted by molar-refractivity contribution is 0.334. The van der Waals surface area contributed by atoms with Crippen molar-refractivity contribution >= 4 is 0 Å². The van der Waals surface area contributed by atoms with Gasteiger partial charge in [0.2, 0.25) is 0 Å². The van der Waals surface area contributed by atoms with Crippen LogP contribution in [0, 0.1) is 6.92 Å². The number of pyridine rings is 1. The van der Waals surface area contributed by atoms with Crippen LogP contribution in [-0.4, -0.2) is 15.1 Å². The number of nitrogens with two attached hydrogens (primary N) is 1. The Balaban J connectivity index is 1.89. The molecule has 0 aliphatic heterocycles. The third kappa shape index (κ3) is 2.58. The van der Waals surface area contributed by atoms with Crippen molar-refractivity contribution in [3.8, 4) is 11.6 Å². The van der Waals surface area contributed by atoms with Crippen LogP contribution >= 0.6 is 0 Å². The van der Waals surface area contributed by atoms with Crippen molar-refractivity contribution in [3.63, 3.8) is 0 Å². The molecule has 0 saturated heterocycles. The molecule has 0 radical (unpaired) electrons. The van der Waals surface area contributed by atoms with Crippen molar-refractivity contribution in [2.24, 2.45) is 5.73 Å². The van der Waals surface area contributed by atoms with E-state index in [2.05, 4.69) is 15.1 Å². The number of aromatic nitrogens is 3. The average Bonchev–Trinajstić information content (AvgIpc) is 2.84. The van der Waals surface area contributed by atoms with Gasteiger partial charge in [0.05, 0.1) is 5.54 Å².